The van der Waals surface area contributed by atoms with Gasteiger partial charge in [-0.25, -0.2) is 0 Å². The third-order valence-corrected chi connectivity index (χ3v) is 4.18. The maximum absolute atomic E-state index is 11.1. The van der Waals surface area contributed by atoms with Gasteiger partial charge in [0.15, 0.2) is 11.5 Å². The van der Waals surface area contributed by atoms with Crippen LogP contribution in [0.1, 0.15) is 36.3 Å². The molecule has 0 amide bonds. The van der Waals surface area contributed by atoms with Gasteiger partial charge in [-0.05, 0) is 42.7 Å². The van der Waals surface area contributed by atoms with Crippen LogP contribution < -0.4 is 9.47 Å². The molecule has 1 N–H and O–H groups in total. The smallest absolute Gasteiger partial charge is 0.303 e. The fourth-order valence-electron chi connectivity index (χ4n) is 2.80. The van der Waals surface area contributed by atoms with E-state index in [1.165, 1.54) is 0 Å². The summed E-state index contributed by atoms with van der Waals surface area (Å²) in [5.74, 6) is 0.749. The Bertz CT molecular complexity index is 523. The van der Waals surface area contributed by atoms with E-state index in [4.69, 9.17) is 26.2 Å². The van der Waals surface area contributed by atoms with E-state index in [1.54, 1.807) is 20.3 Å². The lowest BCUT2D eigenvalue weighted by Gasteiger charge is -2.22. The zero-order valence-corrected chi connectivity index (χ0v) is 12.7. The molecule has 20 heavy (non-hydrogen) atoms. The first-order valence-corrected chi connectivity index (χ1v) is 7.00. The molecule has 2 rings (SSSR count). The Morgan fingerprint density at radius 2 is 2.10 bits per heavy atom. The number of aliphatic carboxylic acids is 1. The molecular weight excluding hydrogens is 280 g/mol. The van der Waals surface area contributed by atoms with Crippen LogP contribution in [0.4, 0.5) is 0 Å². The van der Waals surface area contributed by atoms with Crippen molar-refractivity contribution in [2.75, 3.05) is 14.2 Å². The number of benzene rings is 1. The monoisotopic (exact) mass is 298 g/mol. The van der Waals surface area contributed by atoms with Gasteiger partial charge in [0.2, 0.25) is 0 Å². The minimum Gasteiger partial charge on any atom is -0.493 e. The molecule has 0 bridgehead atoms. The van der Waals surface area contributed by atoms with Crippen LogP contribution in [-0.2, 0) is 4.79 Å². The van der Waals surface area contributed by atoms with E-state index in [1.807, 2.05) is 6.92 Å². The molecule has 1 saturated carbocycles. The van der Waals surface area contributed by atoms with E-state index in [2.05, 4.69) is 0 Å². The van der Waals surface area contributed by atoms with E-state index < -0.39 is 5.97 Å². The Balaban J connectivity index is 2.51. The molecule has 1 aromatic carbocycles. The second kappa shape index (κ2) is 5.92. The largest absolute Gasteiger partial charge is 0.493 e. The third-order valence-electron chi connectivity index (χ3n) is 3.86. The molecule has 1 fully saturated rings. The molecule has 1 aliphatic carbocycles. The zero-order chi connectivity index (χ0) is 14.9. The number of hydrogen-bond acceptors (Lipinski definition) is 3. The lowest BCUT2D eigenvalue weighted by molar-refractivity contribution is -0.137. The lowest BCUT2D eigenvalue weighted by Crippen LogP contribution is -2.11. The van der Waals surface area contributed by atoms with Gasteiger partial charge in [-0.1, -0.05) is 11.6 Å². The summed E-state index contributed by atoms with van der Waals surface area (Å²) in [6.07, 6.45) is 2.21. The average molecular weight is 299 g/mol. The second-order valence-corrected chi connectivity index (χ2v) is 5.58. The first-order valence-electron chi connectivity index (χ1n) is 6.62. The van der Waals surface area contributed by atoms with Crippen LogP contribution in [-0.4, -0.2) is 25.3 Å². The van der Waals surface area contributed by atoms with Crippen LogP contribution in [0.2, 0.25) is 5.02 Å². The van der Waals surface area contributed by atoms with Crippen molar-refractivity contribution in [3.63, 3.8) is 0 Å². The van der Waals surface area contributed by atoms with Gasteiger partial charge in [0.1, 0.15) is 0 Å². The predicted molar refractivity (Wildman–Crippen MR) is 77.0 cm³/mol. The van der Waals surface area contributed by atoms with Crippen molar-refractivity contribution in [1.29, 1.82) is 0 Å². The van der Waals surface area contributed by atoms with Crippen LogP contribution in [0.25, 0.3) is 0 Å². The molecule has 110 valence electrons. The fourth-order valence-corrected chi connectivity index (χ4v) is 3.18. The van der Waals surface area contributed by atoms with Gasteiger partial charge < -0.3 is 14.6 Å². The molecule has 1 atom stereocenters. The van der Waals surface area contributed by atoms with E-state index >= 15 is 0 Å². The van der Waals surface area contributed by atoms with Crippen molar-refractivity contribution in [3.8, 4) is 11.5 Å². The topological polar surface area (TPSA) is 55.8 Å². The summed E-state index contributed by atoms with van der Waals surface area (Å²) < 4.78 is 10.7. The maximum atomic E-state index is 11.1. The number of carboxylic acids is 1. The van der Waals surface area contributed by atoms with Crippen molar-refractivity contribution in [3.05, 3.63) is 22.2 Å². The standard InChI is InChI=1S/C15H19ClO4/c1-8-14(10(6-13(17)18)9-4-5-9)11(16)7-12(19-2)15(8)20-3/h7,9-10H,4-6H2,1-3H3,(H,17,18). The highest BCUT2D eigenvalue weighted by Gasteiger charge is 2.36. The molecule has 0 spiro atoms. The van der Waals surface area contributed by atoms with Gasteiger partial charge in [0.25, 0.3) is 0 Å². The Morgan fingerprint density at radius 1 is 1.45 bits per heavy atom. The summed E-state index contributed by atoms with van der Waals surface area (Å²) in [5, 5.41) is 9.69. The molecule has 1 unspecified atom stereocenters. The molecule has 1 aliphatic rings. The van der Waals surface area contributed by atoms with Crippen molar-refractivity contribution in [1.82, 2.24) is 0 Å². The van der Waals surface area contributed by atoms with Gasteiger partial charge in [-0.15, -0.1) is 0 Å². The zero-order valence-electron chi connectivity index (χ0n) is 11.9. The Hall–Kier alpha value is -1.42. The molecular formula is C15H19ClO4. The fraction of sp³-hybridized carbons (Fsp3) is 0.533. The van der Waals surface area contributed by atoms with Gasteiger partial charge in [-0.3, -0.25) is 4.79 Å². The van der Waals surface area contributed by atoms with Crippen molar-refractivity contribution >= 4 is 17.6 Å². The first-order chi connectivity index (χ1) is 9.49. The van der Waals surface area contributed by atoms with E-state index in [-0.39, 0.29) is 12.3 Å². The number of carboxylic acid groups (broad SMARTS) is 1. The third kappa shape index (κ3) is 2.85. The molecule has 0 heterocycles. The molecule has 5 heteroatoms. The minimum atomic E-state index is -0.799. The number of halogens is 1. The van der Waals surface area contributed by atoms with E-state index in [0.717, 1.165) is 24.0 Å². The summed E-state index contributed by atoms with van der Waals surface area (Å²) in [5.41, 5.74) is 1.75. The Morgan fingerprint density at radius 3 is 2.55 bits per heavy atom. The highest BCUT2D eigenvalue weighted by Crippen LogP contribution is 2.50. The second-order valence-electron chi connectivity index (χ2n) is 5.17. The van der Waals surface area contributed by atoms with Crippen LogP contribution in [0.3, 0.4) is 0 Å². The minimum absolute atomic E-state index is 0.0557. The van der Waals surface area contributed by atoms with Crippen LogP contribution >= 0.6 is 11.6 Å². The molecule has 1 aromatic rings. The van der Waals surface area contributed by atoms with Crippen molar-refractivity contribution in [2.24, 2.45) is 5.92 Å². The maximum Gasteiger partial charge on any atom is 0.303 e. The summed E-state index contributed by atoms with van der Waals surface area (Å²) >= 11 is 6.36. The first kappa shape index (κ1) is 15.0. The Kier molecular flexibility index (Phi) is 4.43. The highest BCUT2D eigenvalue weighted by molar-refractivity contribution is 6.31. The van der Waals surface area contributed by atoms with Gasteiger partial charge in [-0.2, -0.15) is 0 Å². The summed E-state index contributed by atoms with van der Waals surface area (Å²) in [6, 6.07) is 1.71. The number of methoxy groups -OCH3 is 2. The number of rotatable bonds is 6. The van der Waals surface area contributed by atoms with Crippen LogP contribution in [0.5, 0.6) is 11.5 Å². The quantitative estimate of drug-likeness (QED) is 0.871. The summed E-state index contributed by atoms with van der Waals surface area (Å²) in [6.45, 7) is 1.90. The summed E-state index contributed by atoms with van der Waals surface area (Å²) in [7, 11) is 3.13. The number of hydrogen-bond donors (Lipinski definition) is 1. The van der Waals surface area contributed by atoms with Gasteiger partial charge in [0.05, 0.1) is 20.6 Å². The molecule has 0 saturated heterocycles. The molecule has 0 radical (unpaired) electrons. The molecule has 0 aliphatic heterocycles. The predicted octanol–water partition coefficient (Wildman–Crippen LogP) is 3.63. The lowest BCUT2D eigenvalue weighted by atomic mass is 9.87. The average Bonchev–Trinajstić information content (AvgIpc) is 3.20. The highest BCUT2D eigenvalue weighted by atomic mass is 35.5. The van der Waals surface area contributed by atoms with Crippen molar-refractivity contribution in [2.45, 2.75) is 32.1 Å². The van der Waals surface area contributed by atoms with Crippen molar-refractivity contribution < 1.29 is 19.4 Å². The van der Waals surface area contributed by atoms with E-state index in [9.17, 15) is 4.79 Å². The number of carbonyl (C=O) groups is 1. The molecule has 0 aromatic heterocycles. The van der Waals surface area contributed by atoms with Gasteiger partial charge in [0, 0.05) is 11.1 Å². The number of ether oxygens (including phenoxy) is 2. The van der Waals surface area contributed by atoms with E-state index in [0.29, 0.717) is 22.4 Å². The van der Waals surface area contributed by atoms with Crippen LogP contribution in [0, 0.1) is 12.8 Å². The van der Waals surface area contributed by atoms with Gasteiger partial charge >= 0.3 is 5.97 Å². The van der Waals surface area contributed by atoms with Crippen LogP contribution in [0.15, 0.2) is 6.07 Å². The molecule has 4 nitrogen and oxygen atoms in total. The summed E-state index contributed by atoms with van der Waals surface area (Å²) in [4.78, 5) is 11.1. The normalized spacial score (nSPS) is 15.8. The SMILES string of the molecule is COc1cc(Cl)c(C(CC(=O)O)C2CC2)c(C)c1OC. The Labute approximate surface area is 123 Å².